The van der Waals surface area contributed by atoms with E-state index in [1.807, 2.05) is 25.1 Å². The molecular formula is C27H29F3N2O3S. The molecule has 36 heavy (non-hydrogen) atoms. The third-order valence-corrected chi connectivity index (χ3v) is 7.74. The summed E-state index contributed by atoms with van der Waals surface area (Å²) in [4.78, 5) is 25.9. The van der Waals surface area contributed by atoms with Crippen molar-refractivity contribution in [3.8, 4) is 16.9 Å². The largest absolute Gasteiger partial charge is 0.573 e. The fourth-order valence-electron chi connectivity index (χ4n) is 4.90. The average molecular weight is 519 g/mol. The lowest BCUT2D eigenvalue weighted by Crippen LogP contribution is -2.34. The number of nitrogens with zero attached hydrogens (tertiary/aromatic N) is 1. The van der Waals surface area contributed by atoms with Gasteiger partial charge in [-0.3, -0.25) is 14.9 Å². The number of benzene rings is 2. The highest BCUT2D eigenvalue weighted by Crippen LogP contribution is 2.51. The van der Waals surface area contributed by atoms with Crippen LogP contribution in [0.15, 0.2) is 35.2 Å². The number of carbonyl (C=O) groups is 2. The van der Waals surface area contributed by atoms with Crippen molar-refractivity contribution in [1.82, 2.24) is 5.32 Å². The van der Waals surface area contributed by atoms with Crippen molar-refractivity contribution in [2.24, 2.45) is 0 Å². The van der Waals surface area contributed by atoms with Gasteiger partial charge in [-0.25, -0.2) is 0 Å². The van der Waals surface area contributed by atoms with Gasteiger partial charge in [-0.2, -0.15) is 0 Å². The minimum atomic E-state index is -4.91. The minimum Gasteiger partial charge on any atom is -0.405 e. The van der Waals surface area contributed by atoms with E-state index < -0.39 is 17.5 Å². The van der Waals surface area contributed by atoms with Gasteiger partial charge in [0.1, 0.15) is 5.75 Å². The predicted octanol–water partition coefficient (Wildman–Crippen LogP) is 6.99. The van der Waals surface area contributed by atoms with Crippen molar-refractivity contribution >= 4 is 34.7 Å². The van der Waals surface area contributed by atoms with E-state index in [2.05, 4.69) is 43.8 Å². The van der Waals surface area contributed by atoms with Gasteiger partial charge in [0.25, 0.3) is 11.1 Å². The number of nitrogens with one attached hydrogen (secondary N) is 1. The number of fused-ring (bicyclic) bond motifs is 1. The molecule has 192 valence electrons. The molecule has 1 fully saturated rings. The van der Waals surface area contributed by atoms with Crippen LogP contribution in [0, 0.1) is 0 Å². The molecule has 0 saturated carbocycles. The number of halogens is 3. The van der Waals surface area contributed by atoms with Crippen LogP contribution < -0.4 is 15.0 Å². The highest BCUT2D eigenvalue weighted by molar-refractivity contribution is 8.18. The van der Waals surface area contributed by atoms with Crippen LogP contribution in [0.2, 0.25) is 0 Å². The zero-order valence-electron chi connectivity index (χ0n) is 21.1. The number of anilines is 1. The second-order valence-corrected chi connectivity index (χ2v) is 11.7. The molecule has 0 radical (unpaired) electrons. The van der Waals surface area contributed by atoms with E-state index in [-0.39, 0.29) is 27.0 Å². The maximum Gasteiger partial charge on any atom is 0.573 e. The summed E-state index contributed by atoms with van der Waals surface area (Å²) < 4.78 is 44.9. The molecule has 1 aliphatic carbocycles. The van der Waals surface area contributed by atoms with E-state index in [0.717, 1.165) is 29.7 Å². The quantitative estimate of drug-likeness (QED) is 0.442. The Hall–Kier alpha value is -2.94. The van der Waals surface area contributed by atoms with Crippen LogP contribution in [0.4, 0.5) is 23.7 Å². The summed E-state index contributed by atoms with van der Waals surface area (Å²) in [6.07, 6.45) is -1.55. The zero-order valence-corrected chi connectivity index (χ0v) is 21.9. The molecule has 2 aromatic carbocycles. The standard InChI is InChI=1S/C27H29F3N2O3S/c1-25(2)10-11-26(3,4)18-14-19(32(5)6)16(13-17(18)25)22-15(12-21-23(33)31-24(34)36-21)8-7-9-20(22)35-27(28,29)30/h7-9,12-14H,10-11H2,1-6H3,(H,31,33,34)/b21-12+. The lowest BCUT2D eigenvalue weighted by molar-refractivity contribution is -0.274. The molecule has 0 atom stereocenters. The van der Waals surface area contributed by atoms with Crippen LogP contribution in [0.1, 0.15) is 57.2 Å². The normalized spacial score (nSPS) is 19.8. The maximum atomic E-state index is 13.5. The third-order valence-electron chi connectivity index (χ3n) is 6.93. The van der Waals surface area contributed by atoms with Gasteiger partial charge in [0.2, 0.25) is 0 Å². The topological polar surface area (TPSA) is 58.6 Å². The van der Waals surface area contributed by atoms with E-state index >= 15 is 0 Å². The third kappa shape index (κ3) is 4.98. The molecule has 1 saturated heterocycles. The monoisotopic (exact) mass is 518 g/mol. The molecule has 2 aliphatic rings. The van der Waals surface area contributed by atoms with Crippen molar-refractivity contribution < 1.29 is 27.5 Å². The number of ether oxygens (including phenoxy) is 1. The lowest BCUT2D eigenvalue weighted by atomic mass is 9.62. The van der Waals surface area contributed by atoms with Crippen LogP contribution in [0.25, 0.3) is 17.2 Å². The van der Waals surface area contributed by atoms with Gasteiger partial charge in [0.05, 0.1) is 4.91 Å². The summed E-state index contributed by atoms with van der Waals surface area (Å²) in [5, 5.41) is 1.66. The number of thioether (sulfide) groups is 1. The Labute approximate surface area is 213 Å². The van der Waals surface area contributed by atoms with Crippen molar-refractivity contribution in [2.45, 2.75) is 57.7 Å². The average Bonchev–Trinajstić information content (AvgIpc) is 3.06. The molecule has 4 rings (SSSR count). The first kappa shape index (κ1) is 26.1. The molecule has 5 nitrogen and oxygen atoms in total. The molecule has 9 heteroatoms. The van der Waals surface area contributed by atoms with E-state index in [1.165, 1.54) is 18.2 Å². The molecule has 0 bridgehead atoms. The van der Waals surface area contributed by atoms with Crippen LogP contribution >= 0.6 is 11.8 Å². The summed E-state index contributed by atoms with van der Waals surface area (Å²) >= 11 is 0.712. The summed E-state index contributed by atoms with van der Waals surface area (Å²) in [5.41, 5.74) is 3.81. The summed E-state index contributed by atoms with van der Waals surface area (Å²) in [7, 11) is 3.69. The Morgan fingerprint density at radius 1 is 1.03 bits per heavy atom. The molecule has 0 spiro atoms. The number of hydrogen-bond donors (Lipinski definition) is 1. The van der Waals surface area contributed by atoms with Gasteiger partial charge in [0.15, 0.2) is 0 Å². The molecule has 2 aromatic rings. The summed E-state index contributed by atoms with van der Waals surface area (Å²) in [6.45, 7) is 8.66. The number of imide groups is 1. The highest BCUT2D eigenvalue weighted by atomic mass is 32.2. The Balaban J connectivity index is 2.06. The van der Waals surface area contributed by atoms with E-state index in [0.29, 0.717) is 22.9 Å². The van der Waals surface area contributed by atoms with Crippen LogP contribution in [0.3, 0.4) is 0 Å². The van der Waals surface area contributed by atoms with Gasteiger partial charge in [-0.1, -0.05) is 39.8 Å². The molecule has 2 amide bonds. The van der Waals surface area contributed by atoms with Crippen LogP contribution in [-0.2, 0) is 15.6 Å². The van der Waals surface area contributed by atoms with Gasteiger partial charge >= 0.3 is 6.36 Å². The van der Waals surface area contributed by atoms with Crippen molar-refractivity contribution in [2.75, 3.05) is 19.0 Å². The molecule has 1 aliphatic heterocycles. The molecule has 0 unspecified atom stereocenters. The second kappa shape index (κ2) is 8.87. The zero-order chi connectivity index (χ0) is 26.6. The van der Waals surface area contributed by atoms with E-state index in [4.69, 9.17) is 0 Å². The number of rotatable bonds is 4. The van der Waals surface area contributed by atoms with Crippen molar-refractivity contribution in [3.05, 3.63) is 51.9 Å². The Morgan fingerprint density at radius 3 is 2.17 bits per heavy atom. The SMILES string of the molecule is CN(C)c1cc2c(cc1-c1c(/C=C3/SC(=O)NC3=O)cccc1OC(F)(F)F)C(C)(C)CCC2(C)C. The molecule has 1 N–H and O–H groups in total. The predicted molar refractivity (Wildman–Crippen MR) is 137 cm³/mol. The second-order valence-electron chi connectivity index (χ2n) is 10.7. The van der Waals surface area contributed by atoms with Crippen LogP contribution in [-0.4, -0.2) is 31.6 Å². The number of alkyl halides is 3. The van der Waals surface area contributed by atoms with Gasteiger partial charge in [-0.05, 0) is 76.4 Å². The fourth-order valence-corrected chi connectivity index (χ4v) is 5.57. The first-order valence-corrected chi connectivity index (χ1v) is 12.4. The van der Waals surface area contributed by atoms with Gasteiger partial charge < -0.3 is 9.64 Å². The molecular weight excluding hydrogens is 489 g/mol. The van der Waals surface area contributed by atoms with Crippen molar-refractivity contribution in [1.29, 1.82) is 0 Å². The first-order valence-electron chi connectivity index (χ1n) is 11.6. The van der Waals surface area contributed by atoms with E-state index in [9.17, 15) is 22.8 Å². The Kier molecular flexibility index (Phi) is 6.44. The van der Waals surface area contributed by atoms with Gasteiger partial charge in [0, 0.05) is 30.9 Å². The minimum absolute atomic E-state index is 0.0973. The van der Waals surface area contributed by atoms with Crippen molar-refractivity contribution in [3.63, 3.8) is 0 Å². The van der Waals surface area contributed by atoms with E-state index in [1.54, 1.807) is 6.07 Å². The summed E-state index contributed by atoms with van der Waals surface area (Å²) in [5.74, 6) is -0.957. The Morgan fingerprint density at radius 2 is 1.64 bits per heavy atom. The van der Waals surface area contributed by atoms with Crippen LogP contribution in [0.5, 0.6) is 5.75 Å². The lowest BCUT2D eigenvalue weighted by Gasteiger charge is -2.43. The maximum absolute atomic E-state index is 13.5. The smallest absolute Gasteiger partial charge is 0.405 e. The number of carbonyl (C=O) groups excluding carboxylic acids is 2. The molecule has 1 heterocycles. The number of hydrogen-bond acceptors (Lipinski definition) is 5. The fraction of sp³-hybridized carbons (Fsp3) is 0.407. The first-order chi connectivity index (χ1) is 16.6. The highest BCUT2D eigenvalue weighted by Gasteiger charge is 2.39. The Bertz CT molecular complexity index is 1280. The number of amides is 2. The molecule has 0 aromatic heterocycles. The van der Waals surface area contributed by atoms with Gasteiger partial charge in [-0.15, -0.1) is 13.2 Å². The summed E-state index contributed by atoms with van der Waals surface area (Å²) in [6, 6.07) is 8.37.